The third-order valence-electron chi connectivity index (χ3n) is 6.22. The maximum Gasteiger partial charge on any atom is 0.416 e. The molecule has 6 nitrogen and oxygen atoms in total. The van der Waals surface area contributed by atoms with Gasteiger partial charge >= 0.3 is 6.18 Å². The lowest BCUT2D eigenvalue weighted by molar-refractivity contribution is -0.137. The minimum absolute atomic E-state index is 0.0171. The SMILES string of the molecule is O=C(CN1C(=O)S/C(=C\c2cc(Cl)c(OCc3cccc4ccccc34)c(Cl)c2)C1=O)Nc1cccc(C(F)(F)F)c1. The Hall–Kier alpha value is -3.99. The average molecular weight is 631 g/mol. The van der Waals surface area contributed by atoms with E-state index in [1.165, 1.54) is 24.3 Å². The van der Waals surface area contributed by atoms with Crippen molar-refractivity contribution in [3.63, 3.8) is 0 Å². The van der Waals surface area contributed by atoms with E-state index in [1.807, 2.05) is 42.5 Å². The molecule has 0 atom stereocenters. The zero-order chi connectivity index (χ0) is 30.0. The van der Waals surface area contributed by atoms with Gasteiger partial charge in [-0.2, -0.15) is 13.2 Å². The van der Waals surface area contributed by atoms with E-state index in [4.69, 9.17) is 27.9 Å². The van der Waals surface area contributed by atoms with E-state index in [0.717, 1.165) is 34.5 Å². The third-order valence-corrected chi connectivity index (χ3v) is 7.69. The fraction of sp³-hybridized carbons (Fsp3) is 0.100. The smallest absolute Gasteiger partial charge is 0.416 e. The molecule has 12 heteroatoms. The highest BCUT2D eigenvalue weighted by molar-refractivity contribution is 8.18. The van der Waals surface area contributed by atoms with Crippen molar-refractivity contribution >= 4 is 74.6 Å². The molecule has 1 saturated heterocycles. The number of amides is 3. The van der Waals surface area contributed by atoms with E-state index in [9.17, 15) is 27.6 Å². The summed E-state index contributed by atoms with van der Waals surface area (Å²) in [5.74, 6) is -1.33. The molecule has 4 aromatic rings. The molecule has 4 aromatic carbocycles. The Labute approximate surface area is 252 Å². The van der Waals surface area contributed by atoms with Crippen LogP contribution in [0.2, 0.25) is 10.0 Å². The van der Waals surface area contributed by atoms with E-state index >= 15 is 0 Å². The summed E-state index contributed by atoms with van der Waals surface area (Å²) in [5, 5.41) is 4.04. The topological polar surface area (TPSA) is 75.7 Å². The number of fused-ring (bicyclic) bond motifs is 1. The highest BCUT2D eigenvalue weighted by Crippen LogP contribution is 2.38. The number of carbonyl (C=O) groups excluding carboxylic acids is 3. The third kappa shape index (κ3) is 6.56. The number of hydrogen-bond donors (Lipinski definition) is 1. The Morgan fingerprint density at radius 2 is 1.64 bits per heavy atom. The molecular weight excluding hydrogens is 612 g/mol. The van der Waals surface area contributed by atoms with Gasteiger partial charge in [0.1, 0.15) is 13.2 Å². The number of rotatable bonds is 7. The van der Waals surface area contributed by atoms with Gasteiger partial charge in [0.2, 0.25) is 5.91 Å². The fourth-order valence-electron chi connectivity index (χ4n) is 4.27. The zero-order valence-electron chi connectivity index (χ0n) is 21.4. The van der Waals surface area contributed by atoms with Crippen molar-refractivity contribution in [1.29, 1.82) is 0 Å². The van der Waals surface area contributed by atoms with Crippen LogP contribution in [0.4, 0.5) is 23.7 Å². The summed E-state index contributed by atoms with van der Waals surface area (Å²) in [4.78, 5) is 38.5. The molecule has 1 aliphatic heterocycles. The second-order valence-electron chi connectivity index (χ2n) is 9.14. The minimum atomic E-state index is -4.59. The van der Waals surface area contributed by atoms with Crippen LogP contribution in [0.15, 0.2) is 83.8 Å². The molecule has 1 aliphatic rings. The molecule has 3 amide bonds. The van der Waals surface area contributed by atoms with Gasteiger partial charge in [0.05, 0.1) is 20.5 Å². The number of alkyl halides is 3. The number of nitrogens with one attached hydrogen (secondary N) is 1. The molecule has 5 rings (SSSR count). The van der Waals surface area contributed by atoms with Crippen molar-refractivity contribution in [2.24, 2.45) is 0 Å². The summed E-state index contributed by atoms with van der Waals surface area (Å²) in [6.45, 7) is -0.470. The number of halogens is 5. The first-order valence-corrected chi connectivity index (χ1v) is 13.9. The number of carbonyl (C=O) groups is 3. The highest BCUT2D eigenvalue weighted by Gasteiger charge is 2.36. The van der Waals surface area contributed by atoms with Crippen LogP contribution in [0.25, 0.3) is 16.8 Å². The van der Waals surface area contributed by atoms with Crippen molar-refractivity contribution < 1.29 is 32.3 Å². The number of ether oxygens (including phenoxy) is 1. The lowest BCUT2D eigenvalue weighted by Gasteiger charge is -2.14. The fourth-order valence-corrected chi connectivity index (χ4v) is 5.73. The van der Waals surface area contributed by atoms with E-state index in [1.54, 1.807) is 0 Å². The van der Waals surface area contributed by atoms with Gasteiger partial charge < -0.3 is 10.1 Å². The van der Waals surface area contributed by atoms with Gasteiger partial charge in [-0.1, -0.05) is 71.7 Å². The first-order valence-electron chi connectivity index (χ1n) is 12.3. The Balaban J connectivity index is 1.26. The van der Waals surface area contributed by atoms with Crippen LogP contribution in [0.1, 0.15) is 16.7 Å². The number of anilines is 1. The second kappa shape index (κ2) is 12.1. The molecule has 0 saturated carbocycles. The molecule has 1 heterocycles. The number of imide groups is 1. The van der Waals surface area contributed by atoms with Gasteiger partial charge in [0.25, 0.3) is 11.1 Å². The molecule has 0 unspecified atom stereocenters. The Morgan fingerprint density at radius 1 is 0.952 bits per heavy atom. The largest absolute Gasteiger partial charge is 0.486 e. The van der Waals surface area contributed by atoms with E-state index in [-0.39, 0.29) is 33.0 Å². The Kier molecular flexibility index (Phi) is 8.49. The molecule has 0 bridgehead atoms. The van der Waals surface area contributed by atoms with Crippen molar-refractivity contribution in [3.8, 4) is 5.75 Å². The normalized spacial score (nSPS) is 14.6. The van der Waals surface area contributed by atoms with Crippen LogP contribution < -0.4 is 10.1 Å². The number of nitrogens with zero attached hydrogens (tertiary/aromatic N) is 1. The molecule has 0 aromatic heterocycles. The molecule has 1 N–H and O–H groups in total. The van der Waals surface area contributed by atoms with Crippen LogP contribution in [-0.4, -0.2) is 28.5 Å². The standard InChI is InChI=1S/C30H19Cl2F3N2O4S/c31-23-11-17(12-24(32)27(23)41-16-19-7-3-6-18-5-1-2-10-22(18)19)13-25-28(39)37(29(40)42-25)15-26(38)36-21-9-4-8-20(14-21)30(33,34)35/h1-14H,15-16H2,(H,36,38)/b25-13-. The molecule has 1 fully saturated rings. The average Bonchev–Trinajstić information content (AvgIpc) is 3.19. The number of hydrogen-bond acceptors (Lipinski definition) is 5. The van der Waals surface area contributed by atoms with Crippen LogP contribution in [0.5, 0.6) is 5.75 Å². The van der Waals surface area contributed by atoms with Crippen LogP contribution in [-0.2, 0) is 22.4 Å². The predicted molar refractivity (Wildman–Crippen MR) is 157 cm³/mol. The molecule has 42 heavy (non-hydrogen) atoms. The highest BCUT2D eigenvalue weighted by atomic mass is 35.5. The van der Waals surface area contributed by atoms with Gasteiger partial charge in [0.15, 0.2) is 5.75 Å². The molecule has 0 spiro atoms. The summed E-state index contributed by atoms with van der Waals surface area (Å²) < 4.78 is 44.8. The molecular formula is C30H19Cl2F3N2O4S. The Bertz CT molecular complexity index is 1730. The summed E-state index contributed by atoms with van der Waals surface area (Å²) in [6.07, 6.45) is -3.19. The van der Waals surface area contributed by atoms with Crippen LogP contribution in [0.3, 0.4) is 0 Å². The summed E-state index contributed by atoms with van der Waals surface area (Å²) in [7, 11) is 0. The van der Waals surface area contributed by atoms with Gasteiger partial charge in [-0.3, -0.25) is 19.3 Å². The van der Waals surface area contributed by atoms with Crippen molar-refractivity contribution in [2.75, 3.05) is 11.9 Å². The van der Waals surface area contributed by atoms with Crippen LogP contribution in [0, 0.1) is 0 Å². The quantitative estimate of drug-likeness (QED) is 0.207. The van der Waals surface area contributed by atoms with Gasteiger partial charge in [-0.05, 0) is 70.1 Å². The van der Waals surface area contributed by atoms with Gasteiger partial charge in [-0.15, -0.1) is 0 Å². The lowest BCUT2D eigenvalue weighted by Crippen LogP contribution is -2.36. The zero-order valence-corrected chi connectivity index (χ0v) is 23.7. The summed E-state index contributed by atoms with van der Waals surface area (Å²) in [6, 6.07) is 20.8. The van der Waals surface area contributed by atoms with Crippen molar-refractivity contribution in [2.45, 2.75) is 12.8 Å². The summed E-state index contributed by atoms with van der Waals surface area (Å²) >= 11 is 13.5. The van der Waals surface area contributed by atoms with Crippen molar-refractivity contribution in [1.82, 2.24) is 4.90 Å². The molecule has 0 radical (unpaired) electrons. The predicted octanol–water partition coefficient (Wildman–Crippen LogP) is 8.42. The first-order chi connectivity index (χ1) is 20.0. The van der Waals surface area contributed by atoms with E-state index in [2.05, 4.69) is 5.32 Å². The summed E-state index contributed by atoms with van der Waals surface area (Å²) in [5.41, 5.74) is 0.289. The van der Waals surface area contributed by atoms with Gasteiger partial charge in [-0.25, -0.2) is 0 Å². The maximum atomic E-state index is 12.9. The minimum Gasteiger partial charge on any atom is -0.486 e. The first kappa shape index (κ1) is 29.5. The van der Waals surface area contributed by atoms with Crippen molar-refractivity contribution in [3.05, 3.63) is 111 Å². The second-order valence-corrected chi connectivity index (χ2v) is 10.9. The monoisotopic (exact) mass is 630 g/mol. The number of benzene rings is 4. The number of thioether (sulfide) groups is 1. The van der Waals surface area contributed by atoms with Gasteiger partial charge in [0, 0.05) is 5.69 Å². The Morgan fingerprint density at radius 3 is 2.38 bits per heavy atom. The maximum absolute atomic E-state index is 12.9. The lowest BCUT2D eigenvalue weighted by atomic mass is 10.1. The molecule has 214 valence electrons. The van der Waals surface area contributed by atoms with E-state index < -0.39 is 35.3 Å². The van der Waals surface area contributed by atoms with E-state index in [0.29, 0.717) is 22.2 Å². The van der Waals surface area contributed by atoms with Crippen LogP contribution >= 0.6 is 35.0 Å². The molecule has 0 aliphatic carbocycles.